The van der Waals surface area contributed by atoms with Gasteiger partial charge in [-0.25, -0.2) is 0 Å². The van der Waals surface area contributed by atoms with E-state index in [1.807, 2.05) is 25.9 Å². The van der Waals surface area contributed by atoms with E-state index in [9.17, 15) is 4.79 Å². The number of rotatable bonds is 5. The van der Waals surface area contributed by atoms with Gasteiger partial charge in [-0.1, -0.05) is 0 Å². The molecule has 0 unspecified atom stereocenters. The summed E-state index contributed by atoms with van der Waals surface area (Å²) in [5.74, 6) is 0.833. The maximum Gasteiger partial charge on any atom is 0.155 e. The highest BCUT2D eigenvalue weighted by Crippen LogP contribution is 2.19. The normalized spacial score (nSPS) is 10.4. The zero-order valence-electron chi connectivity index (χ0n) is 9.65. The molecule has 0 aliphatic heterocycles. The van der Waals surface area contributed by atoms with Crippen LogP contribution in [0.25, 0.3) is 0 Å². The Morgan fingerprint density at radius 3 is 2.80 bits per heavy atom. The molecule has 84 valence electrons. The number of likely N-dealkylation sites (N-methyl/N-ethyl adjacent to an activating group) is 1. The van der Waals surface area contributed by atoms with Crippen LogP contribution in [0.2, 0.25) is 0 Å². The van der Waals surface area contributed by atoms with Gasteiger partial charge in [-0.15, -0.1) is 0 Å². The topological polar surface area (TPSA) is 47.4 Å². The summed E-state index contributed by atoms with van der Waals surface area (Å²) in [6.07, 6.45) is 0.848. The number of aldehydes is 1. The lowest BCUT2D eigenvalue weighted by molar-refractivity contribution is 0.112. The minimum absolute atomic E-state index is 0.624. The fourth-order valence-corrected chi connectivity index (χ4v) is 1.59. The maximum absolute atomic E-state index is 10.9. The third-order valence-electron chi connectivity index (χ3n) is 2.35. The molecule has 0 spiro atoms. The number of hydrogen-bond acceptors (Lipinski definition) is 4. The van der Waals surface area contributed by atoms with E-state index in [4.69, 9.17) is 4.74 Å². The number of hydrogen-bond donors (Lipinski definition) is 0. The summed E-state index contributed by atoms with van der Waals surface area (Å²) in [4.78, 5) is 12.9. The van der Waals surface area contributed by atoms with E-state index in [0.29, 0.717) is 12.2 Å². The number of nitrogens with zero attached hydrogens (tertiary/aromatic N) is 3. The summed E-state index contributed by atoms with van der Waals surface area (Å²) in [7, 11) is 5.41. The molecule has 5 heteroatoms. The minimum atomic E-state index is 0.624. The first-order valence-corrected chi connectivity index (χ1v) is 4.80. The van der Waals surface area contributed by atoms with Crippen LogP contribution in [0.4, 0.5) is 5.82 Å². The van der Waals surface area contributed by atoms with Crippen LogP contribution >= 0.6 is 0 Å². The van der Waals surface area contributed by atoms with Gasteiger partial charge in [0.05, 0.1) is 17.9 Å². The van der Waals surface area contributed by atoms with Crippen LogP contribution in [0.1, 0.15) is 16.1 Å². The van der Waals surface area contributed by atoms with Crippen LogP contribution in [-0.4, -0.2) is 43.4 Å². The molecule has 0 saturated carbocycles. The van der Waals surface area contributed by atoms with Gasteiger partial charge in [0.2, 0.25) is 0 Å². The van der Waals surface area contributed by atoms with Crippen molar-refractivity contribution in [2.45, 2.75) is 6.92 Å². The molecule has 0 N–H and O–H groups in total. The summed E-state index contributed by atoms with van der Waals surface area (Å²) in [5.41, 5.74) is 1.41. The standard InChI is InChI=1S/C10H17N3O2/c1-8-9(7-14)10(13(3)11-8)12(2)5-6-15-4/h7H,5-6H2,1-4H3. The highest BCUT2D eigenvalue weighted by molar-refractivity contribution is 5.84. The van der Waals surface area contributed by atoms with Crippen molar-refractivity contribution in [1.29, 1.82) is 0 Å². The highest BCUT2D eigenvalue weighted by Gasteiger charge is 2.15. The van der Waals surface area contributed by atoms with Crippen LogP contribution in [0, 0.1) is 6.92 Å². The Kier molecular flexibility index (Phi) is 3.85. The summed E-state index contributed by atoms with van der Waals surface area (Å²) in [6, 6.07) is 0. The summed E-state index contributed by atoms with van der Waals surface area (Å²) < 4.78 is 6.71. The first kappa shape index (κ1) is 11.7. The number of methoxy groups -OCH3 is 1. The highest BCUT2D eigenvalue weighted by atomic mass is 16.5. The predicted molar refractivity (Wildman–Crippen MR) is 58.5 cm³/mol. The number of anilines is 1. The van der Waals surface area contributed by atoms with Crippen molar-refractivity contribution >= 4 is 12.1 Å². The molecular formula is C10H17N3O2. The molecule has 0 radical (unpaired) electrons. The van der Waals surface area contributed by atoms with Crippen molar-refractivity contribution in [2.75, 3.05) is 32.2 Å². The van der Waals surface area contributed by atoms with E-state index in [1.54, 1.807) is 11.8 Å². The molecule has 1 aromatic heterocycles. The second-order valence-corrected chi connectivity index (χ2v) is 3.48. The molecule has 0 aliphatic rings. The Labute approximate surface area is 89.6 Å². The third kappa shape index (κ3) is 2.36. The van der Waals surface area contributed by atoms with Gasteiger partial charge in [-0.05, 0) is 6.92 Å². The van der Waals surface area contributed by atoms with Gasteiger partial charge in [-0.3, -0.25) is 9.48 Å². The Balaban J connectivity index is 2.96. The number of aromatic nitrogens is 2. The van der Waals surface area contributed by atoms with Gasteiger partial charge < -0.3 is 9.64 Å². The van der Waals surface area contributed by atoms with Gasteiger partial charge in [0, 0.05) is 27.7 Å². The molecule has 1 aromatic rings. The number of carbonyl (C=O) groups excluding carboxylic acids is 1. The van der Waals surface area contributed by atoms with Crippen molar-refractivity contribution in [2.24, 2.45) is 7.05 Å². The lowest BCUT2D eigenvalue weighted by Crippen LogP contribution is -2.25. The van der Waals surface area contributed by atoms with Crippen LogP contribution < -0.4 is 4.90 Å². The molecule has 15 heavy (non-hydrogen) atoms. The van der Waals surface area contributed by atoms with E-state index in [1.165, 1.54) is 0 Å². The lowest BCUT2D eigenvalue weighted by Gasteiger charge is -2.19. The van der Waals surface area contributed by atoms with Crippen molar-refractivity contribution in [3.05, 3.63) is 11.3 Å². The molecule has 0 bridgehead atoms. The average Bonchev–Trinajstić information content (AvgIpc) is 2.49. The van der Waals surface area contributed by atoms with E-state index in [2.05, 4.69) is 5.10 Å². The van der Waals surface area contributed by atoms with Gasteiger partial charge in [0.1, 0.15) is 5.82 Å². The van der Waals surface area contributed by atoms with Gasteiger partial charge >= 0.3 is 0 Å². The maximum atomic E-state index is 10.9. The largest absolute Gasteiger partial charge is 0.383 e. The monoisotopic (exact) mass is 211 g/mol. The number of ether oxygens (including phenoxy) is 1. The van der Waals surface area contributed by atoms with Crippen LogP contribution in [0.3, 0.4) is 0 Å². The zero-order valence-corrected chi connectivity index (χ0v) is 9.65. The first-order chi connectivity index (χ1) is 7.11. The second kappa shape index (κ2) is 4.93. The molecule has 5 nitrogen and oxygen atoms in total. The number of aryl methyl sites for hydroxylation is 2. The quantitative estimate of drug-likeness (QED) is 0.670. The molecule has 0 amide bonds. The fourth-order valence-electron chi connectivity index (χ4n) is 1.59. The third-order valence-corrected chi connectivity index (χ3v) is 2.35. The summed E-state index contributed by atoms with van der Waals surface area (Å²) >= 11 is 0. The zero-order chi connectivity index (χ0) is 11.4. The van der Waals surface area contributed by atoms with E-state index in [0.717, 1.165) is 24.3 Å². The van der Waals surface area contributed by atoms with E-state index < -0.39 is 0 Å². The lowest BCUT2D eigenvalue weighted by atomic mass is 10.2. The van der Waals surface area contributed by atoms with Gasteiger partial charge in [0.15, 0.2) is 6.29 Å². The fraction of sp³-hybridized carbons (Fsp3) is 0.600. The van der Waals surface area contributed by atoms with Crippen molar-refractivity contribution in [1.82, 2.24) is 9.78 Å². The van der Waals surface area contributed by atoms with E-state index >= 15 is 0 Å². The van der Waals surface area contributed by atoms with Crippen LogP contribution in [0.15, 0.2) is 0 Å². The van der Waals surface area contributed by atoms with Crippen molar-refractivity contribution in [3.63, 3.8) is 0 Å². The molecular weight excluding hydrogens is 194 g/mol. The molecule has 0 atom stereocenters. The summed E-state index contributed by atoms with van der Waals surface area (Å²) in [5, 5.41) is 4.21. The molecule has 1 rings (SSSR count). The Hall–Kier alpha value is -1.36. The Bertz CT molecular complexity index is 347. The smallest absolute Gasteiger partial charge is 0.155 e. The second-order valence-electron chi connectivity index (χ2n) is 3.48. The van der Waals surface area contributed by atoms with Crippen LogP contribution in [0.5, 0.6) is 0 Å². The molecule has 0 aromatic carbocycles. The molecule has 0 aliphatic carbocycles. The Morgan fingerprint density at radius 1 is 1.60 bits per heavy atom. The van der Waals surface area contributed by atoms with Gasteiger partial charge in [0.25, 0.3) is 0 Å². The van der Waals surface area contributed by atoms with Crippen LogP contribution in [-0.2, 0) is 11.8 Å². The molecule has 1 heterocycles. The summed E-state index contributed by atoms with van der Waals surface area (Å²) in [6.45, 7) is 3.19. The van der Waals surface area contributed by atoms with Crippen molar-refractivity contribution < 1.29 is 9.53 Å². The van der Waals surface area contributed by atoms with Gasteiger partial charge in [-0.2, -0.15) is 5.10 Å². The number of carbonyl (C=O) groups is 1. The molecule has 0 fully saturated rings. The Morgan fingerprint density at radius 2 is 2.27 bits per heavy atom. The van der Waals surface area contributed by atoms with E-state index in [-0.39, 0.29) is 0 Å². The SMILES string of the molecule is COCCN(C)c1c(C=O)c(C)nn1C. The minimum Gasteiger partial charge on any atom is -0.383 e. The average molecular weight is 211 g/mol. The van der Waals surface area contributed by atoms with Crippen molar-refractivity contribution in [3.8, 4) is 0 Å². The first-order valence-electron chi connectivity index (χ1n) is 4.80. The molecule has 0 saturated heterocycles. The predicted octanol–water partition coefficient (Wildman–Crippen LogP) is 0.624.